The smallest absolute Gasteiger partial charge is 0.394 e. The summed E-state index contributed by atoms with van der Waals surface area (Å²) in [6.45, 7) is 6.63. The van der Waals surface area contributed by atoms with Crippen LogP contribution in [0.4, 0.5) is 18.9 Å². The number of aromatic nitrogens is 1. The number of nitrogens with one attached hydrogen (secondary N) is 5. The second-order valence-electron chi connectivity index (χ2n) is 15.4. The summed E-state index contributed by atoms with van der Waals surface area (Å²) in [5.41, 5.74) is -2.29. The number of fused-ring (bicyclic) bond motifs is 3. The first-order chi connectivity index (χ1) is 26.7. The molecule has 6 atom stereocenters. The minimum atomic E-state index is -4.49. The summed E-state index contributed by atoms with van der Waals surface area (Å²) in [5.74, 6) is -5.35. The van der Waals surface area contributed by atoms with Crippen molar-refractivity contribution < 1.29 is 51.8 Å². The van der Waals surface area contributed by atoms with Gasteiger partial charge in [0, 0.05) is 37.3 Å². The van der Waals surface area contributed by atoms with Crippen LogP contribution in [0.1, 0.15) is 87.7 Å². The number of Topliss-reactive ketones (excluding diaryl/α,β-unsaturated/α-hetero) is 1. The van der Waals surface area contributed by atoms with Gasteiger partial charge < -0.3 is 36.3 Å². The van der Waals surface area contributed by atoms with Gasteiger partial charge in [-0.2, -0.15) is 13.2 Å². The fourth-order valence-electron chi connectivity index (χ4n) is 8.24. The molecule has 3 aliphatic rings. The number of carbonyl (C=O) groups is 7. The van der Waals surface area contributed by atoms with Crippen molar-refractivity contribution in [1.82, 2.24) is 25.8 Å². The second kappa shape index (κ2) is 18.1. The molecule has 57 heavy (non-hydrogen) atoms. The van der Waals surface area contributed by atoms with Gasteiger partial charge in [-0.3, -0.25) is 33.6 Å². The maximum Gasteiger partial charge on any atom is 0.394 e. The molecule has 15 nitrogen and oxygen atoms in total. The van der Waals surface area contributed by atoms with E-state index in [4.69, 9.17) is 0 Å². The van der Waals surface area contributed by atoms with Gasteiger partial charge in [0.1, 0.15) is 17.8 Å². The zero-order valence-electron chi connectivity index (χ0n) is 32.2. The van der Waals surface area contributed by atoms with Crippen LogP contribution in [0.2, 0.25) is 0 Å². The van der Waals surface area contributed by atoms with Gasteiger partial charge in [0.05, 0.1) is 11.8 Å². The van der Waals surface area contributed by atoms with Crippen molar-refractivity contribution in [3.63, 3.8) is 0 Å². The zero-order valence-corrected chi connectivity index (χ0v) is 32.2. The molecule has 0 spiro atoms. The number of hydrogen-bond donors (Lipinski definition) is 6. The maximum atomic E-state index is 13.8. The number of anilines is 1. The quantitative estimate of drug-likeness (QED) is 0.129. The Kier molecular flexibility index (Phi) is 14.1. The van der Waals surface area contributed by atoms with E-state index < -0.39 is 71.1 Å². The van der Waals surface area contributed by atoms with Gasteiger partial charge in [-0.25, -0.2) is 4.79 Å². The molecule has 6 unspecified atom stereocenters. The topological polar surface area (TPSA) is 222 Å². The predicted octanol–water partition coefficient (Wildman–Crippen LogP) is 2.84. The molecular formula is C39H49F3N6O9. The molecule has 5 rings (SSSR count). The largest absolute Gasteiger partial charge is 0.479 e. The number of ketones is 1. The number of rotatable bonds is 13. The van der Waals surface area contributed by atoms with Crippen LogP contribution in [0.5, 0.6) is 0 Å². The second-order valence-corrected chi connectivity index (χ2v) is 15.4. The molecule has 2 saturated carbocycles. The molecule has 0 radical (unpaired) electrons. The van der Waals surface area contributed by atoms with E-state index in [9.17, 15) is 56.6 Å². The number of likely N-dealkylation sites (N-methyl/N-ethyl adjacent to an activating group) is 1. The number of benzene rings is 1. The number of aliphatic carboxylic acids is 1. The minimum absolute atomic E-state index is 0.0534. The Morgan fingerprint density at radius 2 is 1.81 bits per heavy atom. The first kappa shape index (κ1) is 44.2. The van der Waals surface area contributed by atoms with Crippen LogP contribution in [-0.2, 0) is 48.3 Å². The lowest BCUT2D eigenvalue weighted by atomic mass is 9.52. The van der Waals surface area contributed by atoms with Crippen LogP contribution in [0.15, 0.2) is 41.3 Å². The Hall–Kier alpha value is -5.55. The van der Waals surface area contributed by atoms with Gasteiger partial charge in [0.25, 0.3) is 17.4 Å². The average molecular weight is 803 g/mol. The first-order valence-electron chi connectivity index (χ1n) is 18.8. The van der Waals surface area contributed by atoms with Gasteiger partial charge in [0.2, 0.25) is 24.0 Å². The van der Waals surface area contributed by atoms with Crippen molar-refractivity contribution in [2.45, 2.75) is 103 Å². The molecule has 2 aromatic rings. The normalized spacial score (nSPS) is 24.2. The van der Waals surface area contributed by atoms with Crippen LogP contribution >= 0.6 is 0 Å². The standard InChI is InChI=1S/C21H26F3N3O5.C18H23N3O4/c1-12-6-13-7-14(9-19(2,8-13)21(22,23)24)20(12,18(31)32)26-16(29)10-27-5-3-4-15(17(27)30)25-11-28;1-3-19-18(25)15(22)7-4-11(2)21-17(24)12-5-6-13-10-20-16(23)9-14(13)8-12/h3-5,11-14H,6-10H2,1-2H3,(H,25,28)(H,26,29)(H,31,32);5-6,8,11H,3-4,7,9-10H2,1-2H3,(H,19,25)(H,20,23)(H,21,24). The van der Waals surface area contributed by atoms with Crippen LogP contribution in [-0.4, -0.2) is 75.8 Å². The van der Waals surface area contributed by atoms with E-state index in [1.165, 1.54) is 18.3 Å². The molecule has 1 aliphatic heterocycles. The summed E-state index contributed by atoms with van der Waals surface area (Å²) in [7, 11) is 0. The Morgan fingerprint density at radius 3 is 2.46 bits per heavy atom. The summed E-state index contributed by atoms with van der Waals surface area (Å²) >= 11 is 0. The number of alkyl halides is 3. The van der Waals surface area contributed by atoms with Crippen molar-refractivity contribution in [2.24, 2.45) is 23.2 Å². The number of pyridine rings is 1. The first-order valence-corrected chi connectivity index (χ1v) is 18.8. The van der Waals surface area contributed by atoms with E-state index in [1.54, 1.807) is 32.9 Å². The van der Waals surface area contributed by atoms with Crippen LogP contribution in [0.25, 0.3) is 0 Å². The molecule has 2 fully saturated rings. The minimum Gasteiger partial charge on any atom is -0.479 e. The summed E-state index contributed by atoms with van der Waals surface area (Å²) < 4.78 is 42.3. The monoisotopic (exact) mass is 802 g/mol. The van der Waals surface area contributed by atoms with E-state index in [1.807, 2.05) is 6.07 Å². The highest BCUT2D eigenvalue weighted by atomic mass is 19.4. The average Bonchev–Trinajstić information content (AvgIpc) is 3.13. The molecule has 1 aromatic heterocycles. The number of hydrogen-bond acceptors (Lipinski definition) is 8. The summed E-state index contributed by atoms with van der Waals surface area (Å²) in [6, 6.07) is 7.82. The van der Waals surface area contributed by atoms with E-state index in [0.29, 0.717) is 31.5 Å². The lowest BCUT2D eigenvalue weighted by molar-refractivity contribution is -0.247. The molecular weight excluding hydrogens is 753 g/mol. The number of halogens is 3. The molecule has 1 aromatic carbocycles. The number of nitrogens with zero attached hydrogens (tertiary/aromatic N) is 1. The lowest BCUT2D eigenvalue weighted by Gasteiger charge is -2.55. The lowest BCUT2D eigenvalue weighted by Crippen LogP contribution is -2.68. The van der Waals surface area contributed by atoms with Crippen LogP contribution < -0.4 is 32.1 Å². The summed E-state index contributed by atoms with van der Waals surface area (Å²) in [4.78, 5) is 95.0. The number of carboxylic acid groups (broad SMARTS) is 1. The number of carbonyl (C=O) groups excluding carboxylic acids is 6. The molecule has 18 heteroatoms. The number of amides is 5. The highest BCUT2D eigenvalue weighted by Gasteiger charge is 2.64. The van der Waals surface area contributed by atoms with Gasteiger partial charge in [-0.15, -0.1) is 0 Å². The summed E-state index contributed by atoms with van der Waals surface area (Å²) in [6.07, 6.45) is -2.09. The SMILES string of the molecule is CC1CC2CC(CC(C)(C(F)(F)F)C2)C1(NC(=O)Cn1cccc(NC=O)c1=O)C(=O)O.CCNC(=O)C(=O)CCC(C)NC(=O)c1ccc2c(c1)CC(=O)NC2. The van der Waals surface area contributed by atoms with Crippen molar-refractivity contribution in [3.05, 3.63) is 63.6 Å². The van der Waals surface area contributed by atoms with E-state index >= 15 is 0 Å². The Morgan fingerprint density at radius 1 is 1.09 bits per heavy atom. The third kappa shape index (κ3) is 10.3. The number of carboxylic acids is 1. The van der Waals surface area contributed by atoms with Crippen molar-refractivity contribution in [1.29, 1.82) is 0 Å². The molecule has 0 saturated heterocycles. The fraction of sp³-hybridized carbons (Fsp3) is 0.538. The highest BCUT2D eigenvalue weighted by molar-refractivity contribution is 6.36. The third-order valence-electron chi connectivity index (χ3n) is 11.2. The molecule has 2 heterocycles. The van der Waals surface area contributed by atoms with Gasteiger partial charge in [-0.05, 0) is 99.1 Å². The molecule has 6 N–H and O–H groups in total. The molecule has 310 valence electrons. The third-order valence-corrected chi connectivity index (χ3v) is 11.2. The van der Waals surface area contributed by atoms with Crippen molar-refractivity contribution >= 4 is 47.5 Å². The summed E-state index contributed by atoms with van der Waals surface area (Å²) in [5, 5.41) is 22.9. The molecule has 2 bridgehead atoms. The van der Waals surface area contributed by atoms with Gasteiger partial charge in [-0.1, -0.05) is 19.9 Å². The Bertz CT molecular complexity index is 1950. The molecule has 5 amide bonds. The Labute approximate surface area is 326 Å². The van der Waals surface area contributed by atoms with Crippen LogP contribution in [0.3, 0.4) is 0 Å². The van der Waals surface area contributed by atoms with Crippen molar-refractivity contribution in [3.8, 4) is 0 Å². The van der Waals surface area contributed by atoms with Gasteiger partial charge in [0.15, 0.2) is 0 Å². The van der Waals surface area contributed by atoms with Gasteiger partial charge >= 0.3 is 12.1 Å². The zero-order chi connectivity index (χ0) is 42.3. The predicted molar refractivity (Wildman–Crippen MR) is 200 cm³/mol. The maximum absolute atomic E-state index is 13.8. The fourth-order valence-corrected chi connectivity index (χ4v) is 8.24. The van der Waals surface area contributed by atoms with E-state index in [-0.39, 0.29) is 61.6 Å². The highest BCUT2D eigenvalue weighted by Crippen LogP contribution is 2.59. The van der Waals surface area contributed by atoms with Crippen LogP contribution in [0, 0.1) is 23.2 Å². The van der Waals surface area contributed by atoms with E-state index in [0.717, 1.165) is 22.6 Å². The Balaban J connectivity index is 0.000000261. The van der Waals surface area contributed by atoms with E-state index in [2.05, 4.69) is 26.6 Å². The molecule has 2 aliphatic carbocycles. The van der Waals surface area contributed by atoms with Crippen molar-refractivity contribution in [2.75, 3.05) is 11.9 Å².